The minimum absolute atomic E-state index is 0.771. The molecule has 2 rings (SSSR count). The lowest BCUT2D eigenvalue weighted by Gasteiger charge is -2.33. The predicted octanol–water partition coefficient (Wildman–Crippen LogP) is 4.89. The van der Waals surface area contributed by atoms with Crippen LogP contribution >= 0.6 is 0 Å². The van der Waals surface area contributed by atoms with Gasteiger partial charge in [-0.2, -0.15) is 0 Å². The van der Waals surface area contributed by atoms with Crippen LogP contribution in [0.4, 0.5) is 0 Å². The fourth-order valence-corrected chi connectivity index (χ4v) is 3.71. The molecule has 1 saturated carbocycles. The van der Waals surface area contributed by atoms with Gasteiger partial charge in [-0.05, 0) is 87.2 Å². The van der Waals surface area contributed by atoms with Gasteiger partial charge in [0.15, 0.2) is 0 Å². The normalized spacial score (nSPS) is 23.0. The van der Waals surface area contributed by atoms with E-state index in [0.717, 1.165) is 18.4 Å². The predicted molar refractivity (Wildman–Crippen MR) is 88.5 cm³/mol. The summed E-state index contributed by atoms with van der Waals surface area (Å²) in [5.74, 6) is 1.60. The molecule has 2 unspecified atom stereocenters. The van der Waals surface area contributed by atoms with Gasteiger partial charge in [0.05, 0.1) is 0 Å². The number of rotatable bonds is 5. The van der Waals surface area contributed by atoms with E-state index in [1.54, 1.807) is 5.56 Å². The second-order valence-electron chi connectivity index (χ2n) is 6.65. The van der Waals surface area contributed by atoms with Gasteiger partial charge in [-0.15, -0.1) is 0 Å². The third kappa shape index (κ3) is 3.63. The first-order chi connectivity index (χ1) is 9.63. The minimum Gasteiger partial charge on any atom is -0.316 e. The van der Waals surface area contributed by atoms with Crippen LogP contribution in [0.2, 0.25) is 0 Å². The molecule has 0 heterocycles. The van der Waals surface area contributed by atoms with Crippen molar-refractivity contribution < 1.29 is 0 Å². The summed E-state index contributed by atoms with van der Waals surface area (Å²) in [4.78, 5) is 0. The molecule has 20 heavy (non-hydrogen) atoms. The molecular formula is C19H31N. The van der Waals surface area contributed by atoms with Crippen LogP contribution < -0.4 is 5.32 Å². The minimum atomic E-state index is 0.771. The maximum atomic E-state index is 3.65. The third-order valence-electron chi connectivity index (χ3n) is 5.02. The number of hydrogen-bond donors (Lipinski definition) is 1. The zero-order chi connectivity index (χ0) is 14.5. The molecule has 1 aromatic carbocycles. The van der Waals surface area contributed by atoms with Crippen LogP contribution in [0.15, 0.2) is 12.1 Å². The summed E-state index contributed by atoms with van der Waals surface area (Å²) in [6, 6.07) is 4.85. The topological polar surface area (TPSA) is 12.0 Å². The zero-order valence-corrected chi connectivity index (χ0v) is 13.8. The molecule has 2 atom stereocenters. The first-order valence-electron chi connectivity index (χ1n) is 8.42. The Morgan fingerprint density at radius 1 is 1.00 bits per heavy atom. The Labute approximate surface area is 125 Å². The van der Waals surface area contributed by atoms with Crippen LogP contribution in [0, 0.1) is 26.7 Å². The highest BCUT2D eigenvalue weighted by atomic mass is 14.9. The van der Waals surface area contributed by atoms with E-state index in [4.69, 9.17) is 0 Å². The molecule has 1 fully saturated rings. The van der Waals surface area contributed by atoms with Gasteiger partial charge in [-0.1, -0.05) is 31.9 Å². The average molecular weight is 273 g/mol. The summed E-state index contributed by atoms with van der Waals surface area (Å²) in [7, 11) is 0. The molecule has 0 spiro atoms. The molecule has 1 nitrogen and oxygen atoms in total. The molecule has 1 aliphatic rings. The van der Waals surface area contributed by atoms with Gasteiger partial charge in [-0.3, -0.25) is 0 Å². The molecule has 112 valence electrons. The fourth-order valence-electron chi connectivity index (χ4n) is 3.71. The molecule has 1 heteroatoms. The molecule has 1 aliphatic carbocycles. The first kappa shape index (κ1) is 15.6. The van der Waals surface area contributed by atoms with Crippen LogP contribution in [0.1, 0.15) is 67.2 Å². The summed E-state index contributed by atoms with van der Waals surface area (Å²) in [5.41, 5.74) is 6.01. The van der Waals surface area contributed by atoms with Crippen LogP contribution in [0.5, 0.6) is 0 Å². The molecule has 0 bridgehead atoms. The number of nitrogens with one attached hydrogen (secondary N) is 1. The lowest BCUT2D eigenvalue weighted by molar-refractivity contribution is 0.295. The Balaban J connectivity index is 2.16. The summed E-state index contributed by atoms with van der Waals surface area (Å²) in [6.07, 6.45) is 6.83. The quantitative estimate of drug-likeness (QED) is 0.754. The molecule has 0 amide bonds. The number of benzene rings is 1. The van der Waals surface area contributed by atoms with Crippen LogP contribution in [0.3, 0.4) is 0 Å². The van der Waals surface area contributed by atoms with Crippen molar-refractivity contribution in [1.82, 2.24) is 5.32 Å². The van der Waals surface area contributed by atoms with Crippen molar-refractivity contribution in [3.8, 4) is 0 Å². The molecule has 1 N–H and O–H groups in total. The highest BCUT2D eigenvalue weighted by Gasteiger charge is 2.27. The Morgan fingerprint density at radius 2 is 1.70 bits per heavy atom. The molecule has 0 saturated heterocycles. The SMILES string of the molecule is CCCNCC1CCCCC1c1cc(C)c(C)cc1C. The largest absolute Gasteiger partial charge is 0.316 e. The van der Waals surface area contributed by atoms with E-state index in [2.05, 4.69) is 45.1 Å². The van der Waals surface area contributed by atoms with Crippen molar-refractivity contribution in [3.05, 3.63) is 34.4 Å². The summed E-state index contributed by atoms with van der Waals surface area (Å²) < 4.78 is 0. The highest BCUT2D eigenvalue weighted by Crippen LogP contribution is 2.39. The van der Waals surface area contributed by atoms with E-state index in [0.29, 0.717) is 0 Å². The molecule has 0 radical (unpaired) electrons. The summed E-state index contributed by atoms with van der Waals surface area (Å²) in [5, 5.41) is 3.65. The van der Waals surface area contributed by atoms with Gasteiger partial charge < -0.3 is 5.32 Å². The highest BCUT2D eigenvalue weighted by molar-refractivity contribution is 5.39. The van der Waals surface area contributed by atoms with Gasteiger partial charge >= 0.3 is 0 Å². The van der Waals surface area contributed by atoms with E-state index in [1.165, 1.54) is 55.3 Å². The van der Waals surface area contributed by atoms with Crippen molar-refractivity contribution >= 4 is 0 Å². The van der Waals surface area contributed by atoms with E-state index < -0.39 is 0 Å². The van der Waals surface area contributed by atoms with Gasteiger partial charge in [0.2, 0.25) is 0 Å². The van der Waals surface area contributed by atoms with E-state index in [1.807, 2.05) is 0 Å². The van der Waals surface area contributed by atoms with E-state index in [-0.39, 0.29) is 0 Å². The van der Waals surface area contributed by atoms with Gasteiger partial charge in [-0.25, -0.2) is 0 Å². The first-order valence-corrected chi connectivity index (χ1v) is 8.42. The number of hydrogen-bond acceptors (Lipinski definition) is 1. The second-order valence-corrected chi connectivity index (χ2v) is 6.65. The Hall–Kier alpha value is -0.820. The van der Waals surface area contributed by atoms with Crippen molar-refractivity contribution in [2.75, 3.05) is 13.1 Å². The molecular weight excluding hydrogens is 242 g/mol. The molecule has 0 aromatic heterocycles. The van der Waals surface area contributed by atoms with E-state index in [9.17, 15) is 0 Å². The van der Waals surface area contributed by atoms with Crippen molar-refractivity contribution in [3.63, 3.8) is 0 Å². The smallest absolute Gasteiger partial charge is 0.00147 e. The Bertz CT molecular complexity index is 436. The summed E-state index contributed by atoms with van der Waals surface area (Å²) in [6.45, 7) is 11.4. The zero-order valence-electron chi connectivity index (χ0n) is 13.8. The van der Waals surface area contributed by atoms with Gasteiger partial charge in [0.25, 0.3) is 0 Å². The molecule has 1 aromatic rings. The maximum Gasteiger partial charge on any atom is -0.00147 e. The maximum absolute atomic E-state index is 3.65. The standard InChI is InChI=1S/C19H31N/c1-5-10-20-13-17-8-6-7-9-18(17)19-12-15(3)14(2)11-16(19)4/h11-12,17-18,20H,5-10,13H2,1-4H3. The Kier molecular flexibility index (Phi) is 5.65. The van der Waals surface area contributed by atoms with Gasteiger partial charge in [0, 0.05) is 0 Å². The fraction of sp³-hybridized carbons (Fsp3) is 0.684. The van der Waals surface area contributed by atoms with Crippen LogP contribution in [-0.4, -0.2) is 13.1 Å². The Morgan fingerprint density at radius 3 is 2.45 bits per heavy atom. The van der Waals surface area contributed by atoms with Crippen molar-refractivity contribution in [2.24, 2.45) is 5.92 Å². The second kappa shape index (κ2) is 7.26. The molecule has 0 aliphatic heterocycles. The number of aryl methyl sites for hydroxylation is 3. The van der Waals surface area contributed by atoms with Gasteiger partial charge in [0.1, 0.15) is 0 Å². The lowest BCUT2D eigenvalue weighted by Crippen LogP contribution is -2.30. The lowest BCUT2D eigenvalue weighted by atomic mass is 9.73. The average Bonchev–Trinajstić information content (AvgIpc) is 2.44. The third-order valence-corrected chi connectivity index (χ3v) is 5.02. The van der Waals surface area contributed by atoms with Crippen LogP contribution in [-0.2, 0) is 0 Å². The summed E-state index contributed by atoms with van der Waals surface area (Å²) >= 11 is 0. The van der Waals surface area contributed by atoms with Crippen LogP contribution in [0.25, 0.3) is 0 Å². The monoisotopic (exact) mass is 273 g/mol. The van der Waals surface area contributed by atoms with Crippen molar-refractivity contribution in [1.29, 1.82) is 0 Å². The van der Waals surface area contributed by atoms with Crippen molar-refractivity contribution in [2.45, 2.75) is 65.7 Å². The van der Waals surface area contributed by atoms with E-state index >= 15 is 0 Å².